The van der Waals surface area contributed by atoms with Crippen LogP contribution in [0.5, 0.6) is 0 Å². The molecule has 0 unspecified atom stereocenters. The van der Waals surface area contributed by atoms with Gasteiger partial charge in [-0.05, 0) is 42.5 Å². The molecule has 3 aromatic rings. The van der Waals surface area contributed by atoms with Gasteiger partial charge in [0.2, 0.25) is 0 Å². The molecular formula is C18H10Cl2F6N4O. The fraction of sp³-hybridized carbons (Fsp3) is 0.111. The van der Waals surface area contributed by atoms with Crippen LogP contribution in [-0.2, 0) is 12.4 Å². The van der Waals surface area contributed by atoms with Crippen LogP contribution in [0, 0.1) is 0 Å². The van der Waals surface area contributed by atoms with Gasteiger partial charge >= 0.3 is 18.4 Å². The van der Waals surface area contributed by atoms with Crippen molar-refractivity contribution in [2.45, 2.75) is 12.4 Å². The molecule has 3 rings (SSSR count). The molecule has 0 saturated carbocycles. The van der Waals surface area contributed by atoms with E-state index in [2.05, 4.69) is 15.7 Å². The average molecular weight is 483 g/mol. The molecule has 0 fully saturated rings. The Morgan fingerprint density at radius 3 is 2.06 bits per heavy atom. The van der Waals surface area contributed by atoms with Crippen LogP contribution in [0.15, 0.2) is 48.5 Å². The summed E-state index contributed by atoms with van der Waals surface area (Å²) in [5.74, 6) is 0. The van der Waals surface area contributed by atoms with Crippen molar-refractivity contribution in [3.05, 3.63) is 70.0 Å². The van der Waals surface area contributed by atoms with E-state index in [0.717, 1.165) is 12.1 Å². The highest BCUT2D eigenvalue weighted by atomic mass is 35.5. The number of carbonyl (C=O) groups is 1. The molecule has 164 valence electrons. The van der Waals surface area contributed by atoms with E-state index in [-0.39, 0.29) is 32.8 Å². The minimum atomic E-state index is -5.06. The first-order valence-corrected chi connectivity index (χ1v) is 8.98. The van der Waals surface area contributed by atoms with Crippen molar-refractivity contribution in [3.63, 3.8) is 0 Å². The van der Waals surface area contributed by atoms with Crippen molar-refractivity contribution in [1.82, 2.24) is 9.78 Å². The van der Waals surface area contributed by atoms with Crippen molar-refractivity contribution in [2.24, 2.45) is 0 Å². The second kappa shape index (κ2) is 8.31. The molecule has 0 saturated heterocycles. The Balaban J connectivity index is 1.80. The summed E-state index contributed by atoms with van der Waals surface area (Å²) in [6, 6.07) is 8.13. The monoisotopic (exact) mass is 482 g/mol. The highest BCUT2D eigenvalue weighted by Gasteiger charge is 2.42. The van der Waals surface area contributed by atoms with Crippen LogP contribution in [0.25, 0.3) is 5.69 Å². The van der Waals surface area contributed by atoms with Gasteiger partial charge in [-0.25, -0.2) is 9.48 Å². The third-order valence-electron chi connectivity index (χ3n) is 3.84. The molecule has 0 radical (unpaired) electrons. The first kappa shape index (κ1) is 22.8. The van der Waals surface area contributed by atoms with Gasteiger partial charge in [0, 0.05) is 16.8 Å². The summed E-state index contributed by atoms with van der Waals surface area (Å²) >= 11 is 11.7. The number of hydrogen-bond acceptors (Lipinski definition) is 2. The third kappa shape index (κ3) is 5.42. The molecule has 5 nitrogen and oxygen atoms in total. The van der Waals surface area contributed by atoms with Gasteiger partial charge in [-0.15, -0.1) is 0 Å². The van der Waals surface area contributed by atoms with Gasteiger partial charge in [0.15, 0.2) is 5.69 Å². The Hall–Kier alpha value is -2.92. The minimum Gasteiger partial charge on any atom is -0.308 e. The number of aromatic nitrogens is 2. The molecule has 2 N–H and O–H groups in total. The number of benzene rings is 2. The molecule has 1 aromatic heterocycles. The van der Waals surface area contributed by atoms with Crippen LogP contribution in [0.2, 0.25) is 10.0 Å². The first-order valence-electron chi connectivity index (χ1n) is 8.22. The van der Waals surface area contributed by atoms with Gasteiger partial charge in [-0.3, -0.25) is 0 Å². The van der Waals surface area contributed by atoms with Gasteiger partial charge in [0.25, 0.3) is 0 Å². The summed E-state index contributed by atoms with van der Waals surface area (Å²) < 4.78 is 78.0. The zero-order chi connectivity index (χ0) is 23.0. The van der Waals surface area contributed by atoms with Gasteiger partial charge in [-0.2, -0.15) is 31.4 Å². The van der Waals surface area contributed by atoms with Gasteiger partial charge < -0.3 is 10.6 Å². The Bertz CT molecular complexity index is 1110. The van der Waals surface area contributed by atoms with E-state index in [0.29, 0.717) is 5.02 Å². The number of alkyl halides is 6. The molecule has 0 aliphatic carbocycles. The Labute approximate surface area is 180 Å². The predicted octanol–water partition coefficient (Wildman–Crippen LogP) is 6.86. The van der Waals surface area contributed by atoms with Crippen molar-refractivity contribution in [3.8, 4) is 5.69 Å². The summed E-state index contributed by atoms with van der Waals surface area (Å²) in [7, 11) is 0. The van der Waals surface area contributed by atoms with Crippen LogP contribution in [-0.4, -0.2) is 15.8 Å². The van der Waals surface area contributed by atoms with Crippen LogP contribution in [0.4, 0.5) is 42.5 Å². The van der Waals surface area contributed by atoms with Gasteiger partial charge in [-0.1, -0.05) is 23.2 Å². The summed E-state index contributed by atoms with van der Waals surface area (Å²) in [6.45, 7) is 0. The zero-order valence-corrected chi connectivity index (χ0v) is 16.5. The van der Waals surface area contributed by atoms with E-state index in [1.165, 1.54) is 30.3 Å². The van der Waals surface area contributed by atoms with E-state index in [1.54, 1.807) is 0 Å². The first-order chi connectivity index (χ1) is 14.3. The lowest BCUT2D eigenvalue weighted by Gasteiger charge is -2.12. The van der Waals surface area contributed by atoms with Crippen molar-refractivity contribution >= 4 is 40.6 Å². The van der Waals surface area contributed by atoms with Crippen LogP contribution in [0.1, 0.15) is 11.4 Å². The SMILES string of the molecule is O=C(Nc1ccc(-n2nc(C(F)(F)F)cc2C(F)(F)F)cc1)Nc1ccc(Cl)cc1Cl. The number of amides is 2. The molecular weight excluding hydrogens is 473 g/mol. The van der Waals surface area contributed by atoms with E-state index in [9.17, 15) is 31.1 Å². The molecule has 0 spiro atoms. The third-order valence-corrected chi connectivity index (χ3v) is 4.39. The highest BCUT2D eigenvalue weighted by Crippen LogP contribution is 2.36. The van der Waals surface area contributed by atoms with Crippen molar-refractivity contribution in [1.29, 1.82) is 0 Å². The summed E-state index contributed by atoms with van der Waals surface area (Å²) in [5.41, 5.74) is -3.14. The lowest BCUT2D eigenvalue weighted by Crippen LogP contribution is -2.19. The molecule has 2 aromatic carbocycles. The van der Waals surface area contributed by atoms with E-state index in [4.69, 9.17) is 23.2 Å². The number of urea groups is 1. The lowest BCUT2D eigenvalue weighted by molar-refractivity contribution is -0.143. The maximum Gasteiger partial charge on any atom is 0.435 e. The van der Waals surface area contributed by atoms with Crippen molar-refractivity contribution < 1.29 is 31.1 Å². The second-order valence-electron chi connectivity index (χ2n) is 6.07. The molecule has 0 aliphatic heterocycles. The number of hydrogen-bond donors (Lipinski definition) is 2. The fourth-order valence-electron chi connectivity index (χ4n) is 2.48. The van der Waals surface area contributed by atoms with Crippen LogP contribution >= 0.6 is 23.2 Å². The maximum absolute atomic E-state index is 13.1. The number of nitrogens with zero attached hydrogens (tertiary/aromatic N) is 2. The predicted molar refractivity (Wildman–Crippen MR) is 103 cm³/mol. The van der Waals surface area contributed by atoms with Gasteiger partial charge in [0.05, 0.1) is 16.4 Å². The summed E-state index contributed by atoms with van der Waals surface area (Å²) in [6.07, 6.45) is -10.1. The number of rotatable bonds is 3. The number of carbonyl (C=O) groups excluding carboxylic acids is 1. The molecule has 2 amide bonds. The molecule has 13 heteroatoms. The van der Waals surface area contributed by atoms with Gasteiger partial charge in [0.1, 0.15) is 5.69 Å². The highest BCUT2D eigenvalue weighted by molar-refractivity contribution is 6.36. The fourth-order valence-corrected chi connectivity index (χ4v) is 2.94. The standard InChI is InChI=1S/C18H10Cl2F6N4O/c19-9-1-6-13(12(20)7-9)28-16(31)27-10-2-4-11(5-3-10)30-15(18(24,25)26)8-14(29-30)17(21,22)23/h1-8H,(H2,27,28,31). The lowest BCUT2D eigenvalue weighted by atomic mass is 10.2. The average Bonchev–Trinajstić information content (AvgIpc) is 3.11. The zero-order valence-electron chi connectivity index (χ0n) is 14.9. The van der Waals surface area contributed by atoms with Crippen molar-refractivity contribution in [2.75, 3.05) is 10.6 Å². The largest absolute Gasteiger partial charge is 0.435 e. The van der Waals surface area contributed by atoms with Crippen LogP contribution in [0.3, 0.4) is 0 Å². The Morgan fingerprint density at radius 2 is 1.52 bits per heavy atom. The molecule has 0 aliphatic rings. The molecule has 0 atom stereocenters. The normalized spacial score (nSPS) is 12.0. The number of anilines is 2. The second-order valence-corrected chi connectivity index (χ2v) is 6.92. The summed E-state index contributed by atoms with van der Waals surface area (Å²) in [5, 5.41) is 8.42. The minimum absolute atomic E-state index is 0.0739. The topological polar surface area (TPSA) is 59.0 Å². The molecule has 31 heavy (non-hydrogen) atoms. The van der Waals surface area contributed by atoms with Crippen LogP contribution < -0.4 is 10.6 Å². The smallest absolute Gasteiger partial charge is 0.308 e. The van der Waals surface area contributed by atoms with E-state index < -0.39 is 29.8 Å². The number of nitrogens with one attached hydrogen (secondary N) is 2. The quantitative estimate of drug-likeness (QED) is 0.400. The van der Waals surface area contributed by atoms with E-state index in [1.807, 2.05) is 0 Å². The Kier molecular flexibility index (Phi) is 6.10. The van der Waals surface area contributed by atoms with E-state index >= 15 is 0 Å². The maximum atomic E-state index is 13.1. The molecule has 1 heterocycles. The summed E-state index contributed by atoms with van der Waals surface area (Å²) in [4.78, 5) is 12.1. The Morgan fingerprint density at radius 1 is 0.871 bits per heavy atom. The number of halogens is 8. The molecule has 0 bridgehead atoms.